The second-order valence-corrected chi connectivity index (χ2v) is 3.90. The molecule has 0 spiro atoms. The zero-order valence-corrected chi connectivity index (χ0v) is 8.33. The van der Waals surface area contributed by atoms with Crippen molar-refractivity contribution in [2.75, 3.05) is 25.5 Å². The number of nitrogens with zero attached hydrogens (tertiary/aromatic N) is 1. The third-order valence-electron chi connectivity index (χ3n) is 2.59. The Kier molecular flexibility index (Phi) is 2.68. The number of benzene rings is 1. The van der Waals surface area contributed by atoms with Crippen LogP contribution in [-0.4, -0.2) is 31.1 Å². The van der Waals surface area contributed by atoms with Crippen molar-refractivity contribution in [1.82, 2.24) is 4.90 Å². The van der Waals surface area contributed by atoms with Crippen LogP contribution in [0, 0.1) is 5.82 Å². The minimum atomic E-state index is -0.179. The summed E-state index contributed by atoms with van der Waals surface area (Å²) in [6, 6.07) is 7.10. The van der Waals surface area contributed by atoms with Crippen molar-refractivity contribution in [2.45, 2.75) is 12.5 Å². The molecule has 1 fully saturated rings. The summed E-state index contributed by atoms with van der Waals surface area (Å²) in [4.78, 5) is 2.27. The molecule has 1 aliphatic heterocycles. The van der Waals surface area contributed by atoms with E-state index in [0.29, 0.717) is 6.04 Å². The molecule has 0 amide bonds. The van der Waals surface area contributed by atoms with Crippen LogP contribution in [0.15, 0.2) is 24.3 Å². The smallest absolute Gasteiger partial charge is 0.125 e. The minimum Gasteiger partial charge on any atom is -0.381 e. The Balaban J connectivity index is 1.97. The quantitative estimate of drug-likeness (QED) is 0.774. The number of rotatable bonds is 2. The molecule has 0 radical (unpaired) electrons. The van der Waals surface area contributed by atoms with E-state index >= 15 is 0 Å². The largest absolute Gasteiger partial charge is 0.381 e. The third-order valence-corrected chi connectivity index (χ3v) is 2.59. The molecule has 0 aromatic heterocycles. The van der Waals surface area contributed by atoms with Crippen LogP contribution in [0.1, 0.15) is 6.42 Å². The molecule has 1 heterocycles. The fourth-order valence-corrected chi connectivity index (χ4v) is 1.87. The Hall–Kier alpha value is -1.09. The highest BCUT2D eigenvalue weighted by molar-refractivity contribution is 5.44. The molecule has 3 heteroatoms. The van der Waals surface area contributed by atoms with E-state index in [0.717, 1.165) is 25.2 Å². The molecule has 14 heavy (non-hydrogen) atoms. The first-order chi connectivity index (χ1) is 6.74. The molecule has 76 valence electrons. The van der Waals surface area contributed by atoms with Crippen molar-refractivity contribution in [1.29, 1.82) is 0 Å². The van der Waals surface area contributed by atoms with Crippen molar-refractivity contribution >= 4 is 5.69 Å². The van der Waals surface area contributed by atoms with Gasteiger partial charge in [-0.15, -0.1) is 0 Å². The van der Waals surface area contributed by atoms with Crippen LogP contribution in [-0.2, 0) is 0 Å². The standard InChI is InChI=1S/C11H15FN2/c1-14-6-5-11(8-14)13-10-4-2-3-9(12)7-10/h2-4,7,11,13H,5-6,8H2,1H3. The Bertz CT molecular complexity index is 314. The number of likely N-dealkylation sites (tertiary alicyclic amines) is 1. The lowest BCUT2D eigenvalue weighted by Crippen LogP contribution is -2.23. The van der Waals surface area contributed by atoms with Gasteiger partial charge in [-0.3, -0.25) is 0 Å². The maximum Gasteiger partial charge on any atom is 0.125 e. The maximum atomic E-state index is 12.9. The van der Waals surface area contributed by atoms with Gasteiger partial charge in [-0.05, 0) is 38.2 Å². The summed E-state index contributed by atoms with van der Waals surface area (Å²) < 4.78 is 12.9. The molecule has 1 aromatic carbocycles. The maximum absolute atomic E-state index is 12.9. The fraction of sp³-hybridized carbons (Fsp3) is 0.455. The van der Waals surface area contributed by atoms with Crippen LogP contribution < -0.4 is 5.32 Å². The van der Waals surface area contributed by atoms with Gasteiger partial charge >= 0.3 is 0 Å². The molecule has 1 aliphatic rings. The van der Waals surface area contributed by atoms with Crippen molar-refractivity contribution < 1.29 is 4.39 Å². The van der Waals surface area contributed by atoms with Gasteiger partial charge in [0.2, 0.25) is 0 Å². The lowest BCUT2D eigenvalue weighted by atomic mass is 10.2. The summed E-state index contributed by atoms with van der Waals surface area (Å²) in [5.74, 6) is -0.179. The molecule has 1 aromatic rings. The summed E-state index contributed by atoms with van der Waals surface area (Å²) in [6.07, 6.45) is 1.13. The number of halogens is 1. The first-order valence-corrected chi connectivity index (χ1v) is 4.95. The summed E-state index contributed by atoms with van der Waals surface area (Å²) >= 11 is 0. The number of nitrogens with one attached hydrogen (secondary N) is 1. The van der Waals surface area contributed by atoms with Gasteiger partial charge in [0.15, 0.2) is 0 Å². The van der Waals surface area contributed by atoms with E-state index in [-0.39, 0.29) is 5.82 Å². The Labute approximate surface area is 83.7 Å². The van der Waals surface area contributed by atoms with Gasteiger partial charge < -0.3 is 10.2 Å². The molecule has 1 saturated heterocycles. The van der Waals surface area contributed by atoms with E-state index in [1.807, 2.05) is 6.07 Å². The highest BCUT2D eigenvalue weighted by Gasteiger charge is 2.18. The summed E-state index contributed by atoms with van der Waals surface area (Å²) in [6.45, 7) is 2.16. The summed E-state index contributed by atoms with van der Waals surface area (Å²) in [5, 5.41) is 3.33. The van der Waals surface area contributed by atoms with Crippen molar-refractivity contribution in [3.05, 3.63) is 30.1 Å². The summed E-state index contributed by atoms with van der Waals surface area (Å²) in [7, 11) is 2.10. The molecule has 1 N–H and O–H groups in total. The topological polar surface area (TPSA) is 15.3 Å². The molecule has 0 bridgehead atoms. The lowest BCUT2D eigenvalue weighted by Gasteiger charge is -2.13. The van der Waals surface area contributed by atoms with Gasteiger partial charge in [0.05, 0.1) is 0 Å². The first kappa shape index (κ1) is 9.46. The van der Waals surface area contributed by atoms with E-state index in [2.05, 4.69) is 17.3 Å². The highest BCUT2D eigenvalue weighted by Crippen LogP contribution is 2.15. The SMILES string of the molecule is CN1CCC(Nc2cccc(F)c2)C1. The predicted molar refractivity (Wildman–Crippen MR) is 55.9 cm³/mol. The van der Waals surface area contributed by atoms with Crippen LogP contribution >= 0.6 is 0 Å². The van der Waals surface area contributed by atoms with Crippen molar-refractivity contribution in [3.8, 4) is 0 Å². The Morgan fingerprint density at radius 1 is 1.50 bits per heavy atom. The monoisotopic (exact) mass is 194 g/mol. The van der Waals surface area contributed by atoms with Crippen LogP contribution in [0.5, 0.6) is 0 Å². The minimum absolute atomic E-state index is 0.179. The van der Waals surface area contributed by atoms with E-state index in [4.69, 9.17) is 0 Å². The third kappa shape index (κ3) is 2.23. The van der Waals surface area contributed by atoms with Crippen LogP contribution in [0.3, 0.4) is 0 Å². The van der Waals surface area contributed by atoms with Crippen LogP contribution in [0.25, 0.3) is 0 Å². The van der Waals surface area contributed by atoms with E-state index in [1.165, 1.54) is 6.07 Å². The van der Waals surface area contributed by atoms with E-state index < -0.39 is 0 Å². The lowest BCUT2D eigenvalue weighted by molar-refractivity contribution is 0.414. The molecule has 1 unspecified atom stereocenters. The molecular weight excluding hydrogens is 179 g/mol. The molecule has 0 saturated carbocycles. The zero-order valence-electron chi connectivity index (χ0n) is 8.33. The van der Waals surface area contributed by atoms with E-state index in [9.17, 15) is 4.39 Å². The number of hydrogen-bond donors (Lipinski definition) is 1. The van der Waals surface area contributed by atoms with Gasteiger partial charge in [0, 0.05) is 18.3 Å². The average molecular weight is 194 g/mol. The fourth-order valence-electron chi connectivity index (χ4n) is 1.87. The molecule has 1 atom stereocenters. The van der Waals surface area contributed by atoms with Gasteiger partial charge in [0.25, 0.3) is 0 Å². The molecular formula is C11H15FN2. The van der Waals surface area contributed by atoms with Crippen LogP contribution in [0.2, 0.25) is 0 Å². The van der Waals surface area contributed by atoms with Gasteiger partial charge in [-0.2, -0.15) is 0 Å². The number of hydrogen-bond acceptors (Lipinski definition) is 2. The number of likely N-dealkylation sites (N-methyl/N-ethyl adjacent to an activating group) is 1. The Morgan fingerprint density at radius 2 is 2.36 bits per heavy atom. The zero-order chi connectivity index (χ0) is 9.97. The van der Waals surface area contributed by atoms with Crippen LogP contribution in [0.4, 0.5) is 10.1 Å². The molecule has 2 nitrogen and oxygen atoms in total. The second kappa shape index (κ2) is 3.96. The van der Waals surface area contributed by atoms with Gasteiger partial charge in [-0.1, -0.05) is 6.07 Å². The molecule has 2 rings (SSSR count). The Morgan fingerprint density at radius 3 is 3.00 bits per heavy atom. The first-order valence-electron chi connectivity index (χ1n) is 4.95. The highest BCUT2D eigenvalue weighted by atomic mass is 19.1. The molecule has 0 aliphatic carbocycles. The predicted octanol–water partition coefficient (Wildman–Crippen LogP) is 1.94. The average Bonchev–Trinajstić information content (AvgIpc) is 2.51. The second-order valence-electron chi connectivity index (χ2n) is 3.90. The van der Waals surface area contributed by atoms with Gasteiger partial charge in [-0.25, -0.2) is 4.39 Å². The summed E-state index contributed by atoms with van der Waals surface area (Å²) in [5.41, 5.74) is 0.880. The van der Waals surface area contributed by atoms with Crippen molar-refractivity contribution in [3.63, 3.8) is 0 Å². The van der Waals surface area contributed by atoms with Crippen molar-refractivity contribution in [2.24, 2.45) is 0 Å². The number of anilines is 1. The van der Waals surface area contributed by atoms with E-state index in [1.54, 1.807) is 12.1 Å². The van der Waals surface area contributed by atoms with Gasteiger partial charge in [0.1, 0.15) is 5.82 Å². The normalized spacial score (nSPS) is 22.6.